The summed E-state index contributed by atoms with van der Waals surface area (Å²) in [5, 5.41) is 6.95. The molecule has 4 heterocycles. The van der Waals surface area contributed by atoms with Gasteiger partial charge in [0.25, 0.3) is 0 Å². The molecule has 0 N–H and O–H groups in total. The molecule has 0 amide bonds. The maximum Gasteiger partial charge on any atom is 0.145 e. The van der Waals surface area contributed by atoms with E-state index in [2.05, 4.69) is 173 Å². The monoisotopic (exact) mass is 651 g/mol. The highest BCUT2D eigenvalue weighted by molar-refractivity contribution is 6.15. The van der Waals surface area contributed by atoms with Crippen LogP contribution in [0.15, 0.2) is 180 Å². The van der Waals surface area contributed by atoms with Gasteiger partial charge >= 0.3 is 0 Å². The first kappa shape index (κ1) is 28.0. The molecular weight excluding hydrogens is 623 g/mol. The molecule has 51 heavy (non-hydrogen) atoms. The van der Waals surface area contributed by atoms with Crippen LogP contribution in [0.3, 0.4) is 0 Å². The SMILES string of the molecule is c1ccc(-c2cc(-n3c4ccccc4c4cccnc43)c3c(c2)oc2ccc(-c4cccc(-n5c6ccccc6c6ccccc65)c4)cc23)cc1. The zero-order valence-corrected chi connectivity index (χ0v) is 27.5. The highest BCUT2D eigenvalue weighted by Gasteiger charge is 2.21. The summed E-state index contributed by atoms with van der Waals surface area (Å²) in [6, 6.07) is 60.5. The fourth-order valence-corrected chi connectivity index (χ4v) is 8.10. The van der Waals surface area contributed by atoms with E-state index < -0.39 is 0 Å². The van der Waals surface area contributed by atoms with E-state index in [0.29, 0.717) is 0 Å². The number of rotatable bonds is 4. The number of furan rings is 1. The zero-order valence-electron chi connectivity index (χ0n) is 27.5. The van der Waals surface area contributed by atoms with Gasteiger partial charge in [-0.2, -0.15) is 0 Å². The second-order valence-corrected chi connectivity index (χ2v) is 13.2. The van der Waals surface area contributed by atoms with Crippen molar-refractivity contribution in [1.29, 1.82) is 0 Å². The number of pyridine rings is 1. The van der Waals surface area contributed by atoms with Crippen LogP contribution in [0.25, 0.3) is 99.3 Å². The quantitative estimate of drug-likeness (QED) is 0.190. The Morgan fingerprint density at radius 2 is 1.02 bits per heavy atom. The van der Waals surface area contributed by atoms with Crippen LogP contribution in [-0.4, -0.2) is 14.1 Å². The minimum Gasteiger partial charge on any atom is -0.456 e. The third-order valence-corrected chi connectivity index (χ3v) is 10.3. The number of hydrogen-bond donors (Lipinski definition) is 0. The topological polar surface area (TPSA) is 35.9 Å². The highest BCUT2D eigenvalue weighted by Crippen LogP contribution is 2.42. The van der Waals surface area contributed by atoms with Crippen LogP contribution >= 0.6 is 0 Å². The lowest BCUT2D eigenvalue weighted by Crippen LogP contribution is -1.97. The molecule has 11 aromatic rings. The van der Waals surface area contributed by atoms with Gasteiger partial charge in [0.15, 0.2) is 0 Å². The van der Waals surface area contributed by atoms with E-state index in [9.17, 15) is 0 Å². The van der Waals surface area contributed by atoms with Crippen LogP contribution in [0.5, 0.6) is 0 Å². The lowest BCUT2D eigenvalue weighted by molar-refractivity contribution is 0.669. The van der Waals surface area contributed by atoms with E-state index in [1.165, 1.54) is 27.2 Å². The lowest BCUT2D eigenvalue weighted by Gasteiger charge is -2.12. The van der Waals surface area contributed by atoms with Crippen LogP contribution in [-0.2, 0) is 0 Å². The van der Waals surface area contributed by atoms with Crippen LogP contribution in [0.2, 0.25) is 0 Å². The van der Waals surface area contributed by atoms with E-state index in [-0.39, 0.29) is 0 Å². The molecule has 4 heteroatoms. The molecule has 0 bridgehead atoms. The lowest BCUT2D eigenvalue weighted by atomic mass is 9.99. The van der Waals surface area contributed by atoms with Crippen molar-refractivity contribution in [3.05, 3.63) is 176 Å². The van der Waals surface area contributed by atoms with Gasteiger partial charge in [0, 0.05) is 38.8 Å². The first-order chi connectivity index (χ1) is 25.3. The Morgan fingerprint density at radius 3 is 1.78 bits per heavy atom. The Morgan fingerprint density at radius 1 is 0.392 bits per heavy atom. The summed E-state index contributed by atoms with van der Waals surface area (Å²) in [6.07, 6.45) is 1.88. The molecule has 4 aromatic heterocycles. The van der Waals surface area contributed by atoms with Gasteiger partial charge in [0.05, 0.1) is 27.6 Å². The molecule has 238 valence electrons. The largest absolute Gasteiger partial charge is 0.456 e. The van der Waals surface area contributed by atoms with Gasteiger partial charge in [-0.15, -0.1) is 0 Å². The summed E-state index contributed by atoms with van der Waals surface area (Å²) in [7, 11) is 0. The minimum atomic E-state index is 0.847. The fourth-order valence-electron chi connectivity index (χ4n) is 8.10. The normalized spacial score (nSPS) is 11.9. The van der Waals surface area contributed by atoms with Crippen molar-refractivity contribution in [3.63, 3.8) is 0 Å². The summed E-state index contributed by atoms with van der Waals surface area (Å²) >= 11 is 0. The smallest absolute Gasteiger partial charge is 0.145 e. The van der Waals surface area contributed by atoms with E-state index >= 15 is 0 Å². The van der Waals surface area contributed by atoms with Gasteiger partial charge in [-0.1, -0.05) is 103 Å². The van der Waals surface area contributed by atoms with Crippen LogP contribution in [0.1, 0.15) is 0 Å². The Kier molecular flexibility index (Phi) is 5.92. The molecule has 0 aliphatic heterocycles. The van der Waals surface area contributed by atoms with Crippen molar-refractivity contribution in [1.82, 2.24) is 14.1 Å². The molecule has 0 saturated heterocycles. The Hall–Kier alpha value is -6.91. The molecule has 0 unspecified atom stereocenters. The average molecular weight is 652 g/mol. The summed E-state index contributed by atoms with van der Waals surface area (Å²) in [5.74, 6) is 0. The van der Waals surface area contributed by atoms with Crippen molar-refractivity contribution in [3.8, 4) is 33.6 Å². The number of hydrogen-bond acceptors (Lipinski definition) is 2. The summed E-state index contributed by atoms with van der Waals surface area (Å²) in [4.78, 5) is 4.94. The molecule has 0 spiro atoms. The standard InChI is InChI=1S/C47H29N3O/c1-2-12-30(13-3-1)33-28-43(50-42-22-9-6-18-37(42)38-19-11-25-48-47(38)50)46-39-27-32(23-24-44(39)51-45(46)29-33)31-14-10-15-34(26-31)49-40-20-7-4-16-35(40)36-17-5-8-21-41(36)49/h1-29H. The van der Waals surface area contributed by atoms with Gasteiger partial charge in [-0.05, 0) is 89.0 Å². The third-order valence-electron chi connectivity index (χ3n) is 10.3. The van der Waals surface area contributed by atoms with Gasteiger partial charge in [0.1, 0.15) is 16.8 Å². The molecule has 4 nitrogen and oxygen atoms in total. The number of fused-ring (bicyclic) bond motifs is 9. The average Bonchev–Trinajstić information content (AvgIpc) is 3.85. The molecule has 7 aromatic carbocycles. The second-order valence-electron chi connectivity index (χ2n) is 13.2. The molecule has 0 atom stereocenters. The molecule has 0 saturated carbocycles. The van der Waals surface area contributed by atoms with Crippen molar-refractivity contribution in [2.24, 2.45) is 0 Å². The third kappa shape index (κ3) is 4.17. The van der Waals surface area contributed by atoms with Gasteiger partial charge in [-0.3, -0.25) is 4.57 Å². The first-order valence-corrected chi connectivity index (χ1v) is 17.3. The molecule has 0 aliphatic carbocycles. The van der Waals surface area contributed by atoms with Crippen molar-refractivity contribution in [2.45, 2.75) is 0 Å². The van der Waals surface area contributed by atoms with Gasteiger partial charge in [0.2, 0.25) is 0 Å². The van der Waals surface area contributed by atoms with Crippen LogP contribution < -0.4 is 0 Å². The zero-order chi connectivity index (χ0) is 33.5. The summed E-state index contributed by atoms with van der Waals surface area (Å²) in [6.45, 7) is 0. The summed E-state index contributed by atoms with van der Waals surface area (Å²) < 4.78 is 11.4. The molecule has 0 fully saturated rings. The molecule has 0 radical (unpaired) electrons. The van der Waals surface area contributed by atoms with E-state index in [1.807, 2.05) is 12.3 Å². The number of nitrogens with zero attached hydrogens (tertiary/aromatic N) is 3. The van der Waals surface area contributed by atoms with E-state index in [1.54, 1.807) is 0 Å². The molecule has 11 rings (SSSR count). The van der Waals surface area contributed by atoms with E-state index in [4.69, 9.17) is 9.40 Å². The first-order valence-electron chi connectivity index (χ1n) is 17.3. The number of aromatic nitrogens is 3. The van der Waals surface area contributed by atoms with Crippen LogP contribution in [0, 0.1) is 0 Å². The van der Waals surface area contributed by atoms with Gasteiger partial charge in [-0.25, -0.2) is 4.98 Å². The molecular formula is C47H29N3O. The maximum absolute atomic E-state index is 6.71. The predicted molar refractivity (Wildman–Crippen MR) is 211 cm³/mol. The second kappa shape index (κ2) is 10.8. The Balaban J connectivity index is 1.17. The number of benzene rings is 7. The van der Waals surface area contributed by atoms with Gasteiger partial charge < -0.3 is 8.98 Å². The highest BCUT2D eigenvalue weighted by atomic mass is 16.3. The van der Waals surface area contributed by atoms with Crippen molar-refractivity contribution in [2.75, 3.05) is 0 Å². The fraction of sp³-hybridized carbons (Fsp3) is 0. The van der Waals surface area contributed by atoms with Crippen LogP contribution in [0.4, 0.5) is 0 Å². The molecule has 0 aliphatic rings. The Bertz CT molecular complexity index is 3040. The Labute approximate surface area is 293 Å². The van der Waals surface area contributed by atoms with Crippen molar-refractivity contribution < 1.29 is 4.42 Å². The maximum atomic E-state index is 6.71. The number of para-hydroxylation sites is 3. The van der Waals surface area contributed by atoms with Crippen molar-refractivity contribution >= 4 is 65.7 Å². The minimum absolute atomic E-state index is 0.847. The van der Waals surface area contributed by atoms with E-state index in [0.717, 1.165) is 72.1 Å². The predicted octanol–water partition coefficient (Wildman–Crippen LogP) is 12.5. The summed E-state index contributed by atoms with van der Waals surface area (Å²) in [5.41, 5.74) is 12.8.